The Labute approximate surface area is 257 Å². The van der Waals surface area contributed by atoms with Crippen LogP contribution < -0.4 is 24.4 Å². The maximum absolute atomic E-state index is 14.3. The molecule has 0 amide bonds. The second-order valence-electron chi connectivity index (χ2n) is 12.6. The predicted octanol–water partition coefficient (Wildman–Crippen LogP) is 5.51. The number of phenolic OH excluding ortho intramolecular Hbond substituents is 1. The SMILES string of the molecule is CCOC(=O)C1=C(C)N=c2sc(=Cc3cc(C(C)(C)C)c(O)c(C(C)(C)C)c3)c(=O)n2[C@@H]1c1cccc(OC)c1OCC. The number of aromatic hydroxyl groups is 1. The van der Waals surface area contributed by atoms with Crippen LogP contribution in [0.2, 0.25) is 0 Å². The van der Waals surface area contributed by atoms with Gasteiger partial charge in [0.05, 0.1) is 36.1 Å². The van der Waals surface area contributed by atoms with Gasteiger partial charge in [-0.05, 0) is 61.4 Å². The molecule has 1 aromatic heterocycles. The number of thiazole rings is 1. The van der Waals surface area contributed by atoms with Gasteiger partial charge in [0.15, 0.2) is 16.3 Å². The van der Waals surface area contributed by atoms with Crippen LogP contribution in [0.5, 0.6) is 17.2 Å². The molecule has 0 bridgehead atoms. The zero-order valence-electron chi connectivity index (χ0n) is 26.7. The van der Waals surface area contributed by atoms with Gasteiger partial charge in [-0.3, -0.25) is 9.36 Å². The molecule has 4 rings (SSSR count). The summed E-state index contributed by atoms with van der Waals surface area (Å²) in [5.74, 6) is 0.672. The summed E-state index contributed by atoms with van der Waals surface area (Å²) in [5, 5.41) is 11.2. The number of allylic oxidation sites excluding steroid dienone is 1. The highest BCUT2D eigenvalue weighted by Gasteiger charge is 2.36. The molecule has 43 heavy (non-hydrogen) atoms. The summed E-state index contributed by atoms with van der Waals surface area (Å²) in [5.41, 5.74) is 2.79. The minimum atomic E-state index is -0.843. The Hall–Kier alpha value is -3.85. The van der Waals surface area contributed by atoms with Gasteiger partial charge < -0.3 is 19.3 Å². The van der Waals surface area contributed by atoms with Crippen LogP contribution in [0, 0.1) is 0 Å². The number of phenols is 1. The van der Waals surface area contributed by atoms with Crippen molar-refractivity contribution in [3.05, 3.63) is 83.5 Å². The second-order valence-corrected chi connectivity index (χ2v) is 13.6. The average Bonchev–Trinajstić information content (AvgIpc) is 3.21. The van der Waals surface area contributed by atoms with Crippen molar-refractivity contribution in [2.75, 3.05) is 20.3 Å². The summed E-state index contributed by atoms with van der Waals surface area (Å²) in [6.07, 6.45) is 1.84. The van der Waals surface area contributed by atoms with E-state index < -0.39 is 12.0 Å². The van der Waals surface area contributed by atoms with Crippen molar-refractivity contribution in [2.45, 2.75) is 79.2 Å². The number of ether oxygens (including phenoxy) is 3. The van der Waals surface area contributed by atoms with Crippen LogP contribution in [0.4, 0.5) is 0 Å². The van der Waals surface area contributed by atoms with E-state index in [0.29, 0.717) is 38.7 Å². The van der Waals surface area contributed by atoms with Gasteiger partial charge in [-0.2, -0.15) is 0 Å². The molecule has 0 fully saturated rings. The molecule has 1 aliphatic rings. The normalized spacial score (nSPS) is 15.7. The summed E-state index contributed by atoms with van der Waals surface area (Å²) in [6.45, 7) is 18.2. The van der Waals surface area contributed by atoms with Crippen molar-refractivity contribution < 1.29 is 24.1 Å². The lowest BCUT2D eigenvalue weighted by atomic mass is 9.78. The first kappa shape index (κ1) is 32.1. The van der Waals surface area contributed by atoms with E-state index in [0.717, 1.165) is 16.7 Å². The molecule has 8 nitrogen and oxygen atoms in total. The average molecular weight is 607 g/mol. The molecule has 0 spiro atoms. The molecule has 3 aromatic rings. The van der Waals surface area contributed by atoms with Crippen LogP contribution in [-0.4, -0.2) is 36.0 Å². The number of para-hydroxylation sites is 1. The van der Waals surface area contributed by atoms with Gasteiger partial charge in [0.25, 0.3) is 5.56 Å². The van der Waals surface area contributed by atoms with E-state index in [4.69, 9.17) is 19.2 Å². The molecular formula is C34H42N2O6S. The molecule has 0 unspecified atom stereocenters. The first-order valence-electron chi connectivity index (χ1n) is 14.5. The maximum atomic E-state index is 14.3. The third-order valence-corrected chi connectivity index (χ3v) is 8.36. The Bertz CT molecular complexity index is 1730. The van der Waals surface area contributed by atoms with Gasteiger partial charge >= 0.3 is 5.97 Å². The molecule has 1 aliphatic heterocycles. The number of benzene rings is 2. The van der Waals surface area contributed by atoms with Crippen molar-refractivity contribution in [1.82, 2.24) is 4.57 Å². The first-order valence-corrected chi connectivity index (χ1v) is 15.3. The second kappa shape index (κ2) is 12.0. The highest BCUT2D eigenvalue weighted by Crippen LogP contribution is 2.42. The number of hydrogen-bond acceptors (Lipinski definition) is 8. The molecule has 2 aromatic carbocycles. The third-order valence-electron chi connectivity index (χ3n) is 7.38. The number of carbonyl (C=O) groups excluding carboxylic acids is 1. The third kappa shape index (κ3) is 6.13. The number of esters is 1. The number of fused-ring (bicyclic) bond motifs is 1. The maximum Gasteiger partial charge on any atom is 0.338 e. The van der Waals surface area contributed by atoms with Gasteiger partial charge in [-0.15, -0.1) is 0 Å². The number of hydrogen-bond donors (Lipinski definition) is 1. The highest BCUT2D eigenvalue weighted by atomic mass is 32.1. The van der Waals surface area contributed by atoms with E-state index >= 15 is 0 Å². The lowest BCUT2D eigenvalue weighted by Crippen LogP contribution is -2.40. The monoisotopic (exact) mass is 606 g/mol. The van der Waals surface area contributed by atoms with Crippen LogP contribution in [0.25, 0.3) is 6.08 Å². The van der Waals surface area contributed by atoms with E-state index in [9.17, 15) is 14.7 Å². The quantitative estimate of drug-likeness (QED) is 0.357. The Morgan fingerprint density at radius 3 is 2.23 bits per heavy atom. The number of nitrogens with zero attached hydrogens (tertiary/aromatic N) is 2. The topological polar surface area (TPSA) is 99.4 Å². The fraction of sp³-hybridized carbons (Fsp3) is 0.441. The van der Waals surface area contributed by atoms with Crippen molar-refractivity contribution in [1.29, 1.82) is 0 Å². The van der Waals surface area contributed by atoms with Gasteiger partial charge in [-0.1, -0.05) is 65.0 Å². The van der Waals surface area contributed by atoms with Crippen LogP contribution in [0.3, 0.4) is 0 Å². The Morgan fingerprint density at radius 2 is 1.70 bits per heavy atom. The molecule has 2 heterocycles. The van der Waals surface area contributed by atoms with E-state index in [2.05, 4.69) is 41.5 Å². The van der Waals surface area contributed by atoms with Crippen LogP contribution in [0.1, 0.15) is 90.6 Å². The number of rotatable bonds is 7. The van der Waals surface area contributed by atoms with E-state index in [1.807, 2.05) is 37.3 Å². The summed E-state index contributed by atoms with van der Waals surface area (Å²) in [4.78, 5) is 32.8. The summed E-state index contributed by atoms with van der Waals surface area (Å²) in [6, 6.07) is 8.45. The fourth-order valence-electron chi connectivity index (χ4n) is 5.33. The molecule has 9 heteroatoms. The van der Waals surface area contributed by atoms with Crippen LogP contribution in [-0.2, 0) is 20.4 Å². The van der Waals surface area contributed by atoms with Gasteiger partial charge in [0.2, 0.25) is 0 Å². The minimum absolute atomic E-state index is 0.177. The molecule has 0 saturated heterocycles. The lowest BCUT2D eigenvalue weighted by molar-refractivity contribution is -0.139. The molecule has 1 atom stereocenters. The highest BCUT2D eigenvalue weighted by molar-refractivity contribution is 7.07. The molecule has 0 saturated carbocycles. The fourth-order valence-corrected chi connectivity index (χ4v) is 6.37. The zero-order valence-corrected chi connectivity index (χ0v) is 27.6. The predicted molar refractivity (Wildman–Crippen MR) is 170 cm³/mol. The molecule has 0 radical (unpaired) electrons. The summed E-state index contributed by atoms with van der Waals surface area (Å²) in [7, 11) is 1.55. The Morgan fingerprint density at radius 1 is 1.07 bits per heavy atom. The largest absolute Gasteiger partial charge is 0.507 e. The lowest BCUT2D eigenvalue weighted by Gasteiger charge is -2.27. The van der Waals surface area contributed by atoms with E-state index in [1.54, 1.807) is 31.6 Å². The van der Waals surface area contributed by atoms with Crippen molar-refractivity contribution in [3.63, 3.8) is 0 Å². The van der Waals surface area contributed by atoms with Crippen LogP contribution in [0.15, 0.2) is 51.4 Å². The number of carbonyl (C=O) groups is 1. The molecule has 0 aliphatic carbocycles. The van der Waals surface area contributed by atoms with Gasteiger partial charge in [-0.25, -0.2) is 9.79 Å². The Balaban J connectivity index is 2.05. The van der Waals surface area contributed by atoms with Crippen LogP contribution >= 0.6 is 11.3 Å². The number of aromatic nitrogens is 1. The molecule has 1 N–H and O–H groups in total. The standard InChI is InChI=1S/C34H42N2O6S/c1-11-41-29-21(14-13-15-24(29)40-10)27-26(31(39)42-12-2)19(3)35-32-36(27)30(38)25(43-32)18-20-16-22(33(4,5)6)28(37)23(17-20)34(7,8)9/h13-18,27,37H,11-12H2,1-10H3/t27-/m1/s1. The molecular weight excluding hydrogens is 564 g/mol. The Kier molecular flexibility index (Phi) is 8.97. The van der Waals surface area contributed by atoms with Crippen molar-refractivity contribution >= 4 is 23.4 Å². The summed E-state index contributed by atoms with van der Waals surface area (Å²) >= 11 is 1.25. The first-order chi connectivity index (χ1) is 20.1. The molecule has 230 valence electrons. The van der Waals surface area contributed by atoms with E-state index in [-0.39, 0.29) is 34.3 Å². The number of methoxy groups -OCH3 is 1. The summed E-state index contributed by atoms with van der Waals surface area (Å²) < 4.78 is 19.1. The smallest absolute Gasteiger partial charge is 0.338 e. The van der Waals surface area contributed by atoms with Crippen molar-refractivity contribution in [3.8, 4) is 17.2 Å². The zero-order chi connectivity index (χ0) is 31.9. The minimum Gasteiger partial charge on any atom is -0.507 e. The van der Waals surface area contributed by atoms with Crippen molar-refractivity contribution in [2.24, 2.45) is 4.99 Å². The van der Waals surface area contributed by atoms with Gasteiger partial charge in [0.1, 0.15) is 11.8 Å². The van der Waals surface area contributed by atoms with Gasteiger partial charge in [0, 0.05) is 16.7 Å². The van der Waals surface area contributed by atoms with E-state index in [1.165, 1.54) is 11.3 Å².